The van der Waals surface area contributed by atoms with E-state index in [1.54, 1.807) is 4.31 Å². The number of benzene rings is 2. The number of anilines is 2. The molecule has 2 aromatic rings. The highest BCUT2D eigenvalue weighted by Crippen LogP contribution is 2.70. The van der Waals surface area contributed by atoms with Crippen LogP contribution in [0.1, 0.15) is 88.3 Å². The van der Waals surface area contributed by atoms with Crippen LogP contribution in [0.5, 0.6) is 0 Å². The second kappa shape index (κ2) is 8.88. The number of nitrogens with zero attached hydrogens (tertiary/aromatic N) is 3. The van der Waals surface area contributed by atoms with Gasteiger partial charge in [-0.2, -0.15) is 5.26 Å². The fourth-order valence-electron chi connectivity index (χ4n) is 9.02. The first-order valence-corrected chi connectivity index (χ1v) is 15.9. The van der Waals surface area contributed by atoms with Gasteiger partial charge in [-0.3, -0.25) is 4.31 Å². The van der Waals surface area contributed by atoms with Gasteiger partial charge in [-0.15, -0.1) is 0 Å². The normalized spacial score (nSPS) is 31.3. The van der Waals surface area contributed by atoms with Crippen LogP contribution in [0.3, 0.4) is 0 Å². The predicted molar refractivity (Wildman–Crippen MR) is 154 cm³/mol. The van der Waals surface area contributed by atoms with E-state index in [0.29, 0.717) is 12.3 Å². The van der Waals surface area contributed by atoms with Crippen molar-refractivity contribution in [3.05, 3.63) is 70.8 Å². The maximum absolute atomic E-state index is 13.9. The van der Waals surface area contributed by atoms with Crippen LogP contribution in [-0.2, 0) is 20.9 Å². The first-order valence-electron chi connectivity index (χ1n) is 14.3. The summed E-state index contributed by atoms with van der Waals surface area (Å²) in [6, 6.07) is 17.1. The van der Waals surface area contributed by atoms with Gasteiger partial charge in [0.05, 0.1) is 23.6 Å². The summed E-state index contributed by atoms with van der Waals surface area (Å²) in [5.41, 5.74) is 6.15. The summed E-state index contributed by atoms with van der Waals surface area (Å²) in [5.74, 6) is 0.447. The minimum absolute atomic E-state index is 0.146. The number of rotatable bonds is 5. The molecule has 4 aliphatic rings. The van der Waals surface area contributed by atoms with Crippen molar-refractivity contribution in [2.24, 2.45) is 0 Å². The van der Waals surface area contributed by atoms with Gasteiger partial charge in [-0.05, 0) is 74.8 Å². The Kier molecular flexibility index (Phi) is 5.96. The lowest BCUT2D eigenvalue weighted by atomic mass is 9.51. The van der Waals surface area contributed by atoms with E-state index in [0.717, 1.165) is 55.5 Å². The quantitative estimate of drug-likeness (QED) is 0.412. The molecule has 1 fully saturated rings. The number of likely N-dealkylation sites (N-methyl/N-ethyl adjacent to an activating group) is 1. The molecule has 0 bridgehead atoms. The average molecular weight is 530 g/mol. The smallest absolute Gasteiger partial charge is 0.235 e. The number of para-hydroxylation sites is 1. The van der Waals surface area contributed by atoms with E-state index < -0.39 is 20.9 Å². The maximum Gasteiger partial charge on any atom is 0.235 e. The molecule has 0 amide bonds. The summed E-state index contributed by atoms with van der Waals surface area (Å²) in [5, 5.41) is 10.9. The molecule has 2 aliphatic carbocycles. The van der Waals surface area contributed by atoms with Gasteiger partial charge in [0.1, 0.15) is 6.04 Å². The van der Waals surface area contributed by atoms with Crippen LogP contribution in [-0.4, -0.2) is 33.3 Å². The first-order chi connectivity index (χ1) is 18.2. The molecule has 5 atom stereocenters. The van der Waals surface area contributed by atoms with Crippen molar-refractivity contribution in [3.63, 3.8) is 0 Å². The van der Waals surface area contributed by atoms with Crippen molar-refractivity contribution in [2.45, 2.75) is 94.5 Å². The lowest BCUT2D eigenvalue weighted by Crippen LogP contribution is -2.61. The second-order valence-electron chi connectivity index (χ2n) is 12.1. The van der Waals surface area contributed by atoms with Crippen molar-refractivity contribution in [3.8, 4) is 6.07 Å². The van der Waals surface area contributed by atoms with Crippen LogP contribution >= 0.6 is 0 Å². The molecular formula is C32H39N3O2S. The van der Waals surface area contributed by atoms with E-state index in [1.807, 2.05) is 19.1 Å². The van der Waals surface area contributed by atoms with Crippen molar-refractivity contribution in [2.75, 3.05) is 22.0 Å². The average Bonchev–Trinajstić information content (AvgIpc) is 3.46. The highest BCUT2D eigenvalue weighted by atomic mass is 32.2. The van der Waals surface area contributed by atoms with Gasteiger partial charge in [0.15, 0.2) is 0 Å². The van der Waals surface area contributed by atoms with Gasteiger partial charge in [0.25, 0.3) is 0 Å². The van der Waals surface area contributed by atoms with Crippen LogP contribution in [0.25, 0.3) is 0 Å². The minimum atomic E-state index is -3.50. The fourth-order valence-corrected chi connectivity index (χ4v) is 10.9. The molecular weight excluding hydrogens is 490 g/mol. The van der Waals surface area contributed by atoms with Crippen molar-refractivity contribution in [1.82, 2.24) is 0 Å². The number of nitriles is 1. The summed E-state index contributed by atoms with van der Waals surface area (Å²) < 4.78 is 29.6. The summed E-state index contributed by atoms with van der Waals surface area (Å²) in [6.45, 7) is 6.27. The van der Waals surface area contributed by atoms with Crippen LogP contribution in [0.15, 0.2) is 54.1 Å². The topological polar surface area (TPSA) is 64.4 Å². The highest BCUT2D eigenvalue weighted by Gasteiger charge is 2.71. The molecule has 38 heavy (non-hydrogen) atoms. The molecule has 2 aromatic carbocycles. The zero-order valence-corrected chi connectivity index (χ0v) is 23.9. The third kappa shape index (κ3) is 3.11. The lowest BCUT2D eigenvalue weighted by molar-refractivity contribution is 0.182. The molecule has 2 aliphatic heterocycles. The standard InChI is InChI=1S/C32H39N3O2S/c1-5-19-38(36,37)35-26-14-7-6-13-25(26)31(17-10-16-28(31)35)32-18-9-11-23(20-22(2)3)24-12-8-15-27(30(24)32)34(4)29(32)21-33/h6-8,12-15,20,23,28-29H,5,9-11,16-19H2,1-4H3/t23-,28-,29-,31+,32-/m1/s1. The van der Waals surface area contributed by atoms with E-state index in [9.17, 15) is 13.7 Å². The molecule has 2 heterocycles. The highest BCUT2D eigenvalue weighted by molar-refractivity contribution is 7.92. The van der Waals surface area contributed by atoms with Crippen molar-refractivity contribution < 1.29 is 8.42 Å². The third-order valence-electron chi connectivity index (χ3n) is 9.98. The lowest BCUT2D eigenvalue weighted by Gasteiger charge is -2.51. The Morgan fingerprint density at radius 1 is 1.05 bits per heavy atom. The number of fused-ring (bicyclic) bond motifs is 4. The minimum Gasteiger partial charge on any atom is -0.358 e. The molecule has 6 rings (SSSR count). The molecule has 0 aromatic heterocycles. The van der Waals surface area contributed by atoms with E-state index in [2.05, 4.69) is 68.3 Å². The number of hydrogen-bond acceptors (Lipinski definition) is 4. The van der Waals surface area contributed by atoms with Crippen molar-refractivity contribution >= 4 is 21.4 Å². The summed E-state index contributed by atoms with van der Waals surface area (Å²) in [6.07, 6.45) is 8.63. The third-order valence-corrected chi connectivity index (χ3v) is 12.0. The van der Waals surface area contributed by atoms with E-state index in [1.165, 1.54) is 16.7 Å². The van der Waals surface area contributed by atoms with Gasteiger partial charge in [0.2, 0.25) is 10.0 Å². The Balaban J connectivity index is 1.70. The molecule has 1 saturated carbocycles. The summed E-state index contributed by atoms with van der Waals surface area (Å²) in [4.78, 5) is 2.21. The molecule has 6 heteroatoms. The van der Waals surface area contributed by atoms with Crippen LogP contribution < -0.4 is 9.21 Å². The Hall–Kier alpha value is -2.78. The van der Waals surface area contributed by atoms with Gasteiger partial charge in [-0.25, -0.2) is 8.42 Å². The van der Waals surface area contributed by atoms with Crippen LogP contribution in [0.2, 0.25) is 0 Å². The van der Waals surface area contributed by atoms with Gasteiger partial charge in [-0.1, -0.05) is 61.7 Å². The number of hydrogen-bond donors (Lipinski definition) is 0. The Bertz CT molecular complexity index is 1450. The summed E-state index contributed by atoms with van der Waals surface area (Å²) >= 11 is 0. The van der Waals surface area contributed by atoms with Crippen LogP contribution in [0.4, 0.5) is 11.4 Å². The zero-order chi connectivity index (χ0) is 26.9. The summed E-state index contributed by atoms with van der Waals surface area (Å²) in [7, 11) is -1.42. The van der Waals surface area contributed by atoms with Gasteiger partial charge < -0.3 is 4.90 Å². The molecule has 200 valence electrons. The Labute approximate surface area is 228 Å². The zero-order valence-electron chi connectivity index (χ0n) is 23.1. The van der Waals surface area contributed by atoms with E-state index >= 15 is 0 Å². The van der Waals surface area contributed by atoms with E-state index in [4.69, 9.17) is 0 Å². The first kappa shape index (κ1) is 25.5. The molecule has 0 spiro atoms. The SMILES string of the molecule is CCCS(=O)(=O)N1c2ccccc2[C@@]2([C@@]34CCC[C@H](C=C(C)C)c5cccc(c53)N(C)[C@@H]4C#N)CCC[C@@H]12. The predicted octanol–water partition coefficient (Wildman–Crippen LogP) is 6.55. The molecule has 0 saturated heterocycles. The Morgan fingerprint density at radius 2 is 1.76 bits per heavy atom. The van der Waals surface area contributed by atoms with Gasteiger partial charge in [0, 0.05) is 29.5 Å². The monoisotopic (exact) mass is 529 g/mol. The van der Waals surface area contributed by atoms with Gasteiger partial charge >= 0.3 is 0 Å². The molecule has 0 N–H and O–H groups in total. The second-order valence-corrected chi connectivity index (χ2v) is 14.1. The fraction of sp³-hybridized carbons (Fsp3) is 0.531. The van der Waals surface area contributed by atoms with Crippen molar-refractivity contribution in [1.29, 1.82) is 5.26 Å². The molecule has 0 unspecified atom stereocenters. The number of allylic oxidation sites excluding steroid dienone is 2. The largest absolute Gasteiger partial charge is 0.358 e. The Morgan fingerprint density at radius 3 is 2.50 bits per heavy atom. The maximum atomic E-state index is 13.9. The van der Waals surface area contributed by atoms with E-state index in [-0.39, 0.29) is 17.8 Å². The molecule has 5 nitrogen and oxygen atoms in total. The van der Waals surface area contributed by atoms with Crippen LogP contribution in [0, 0.1) is 11.3 Å². The molecule has 0 radical (unpaired) electrons. The number of sulfonamides is 1.